The summed E-state index contributed by atoms with van der Waals surface area (Å²) in [4.78, 5) is 36.5. The second kappa shape index (κ2) is 5.72. The van der Waals surface area contributed by atoms with Gasteiger partial charge >= 0.3 is 0 Å². The smallest absolute Gasteiger partial charge is 0.269 e. The molecule has 2 aromatic rings. The van der Waals surface area contributed by atoms with Gasteiger partial charge in [0, 0.05) is 23.9 Å². The molecule has 2 amide bonds. The van der Waals surface area contributed by atoms with Crippen LogP contribution < -0.4 is 16.3 Å². The van der Waals surface area contributed by atoms with Crippen LogP contribution in [0.5, 0.6) is 0 Å². The number of anilines is 1. The number of nitrogens with one attached hydrogen (secondary N) is 2. The first-order valence-corrected chi connectivity index (χ1v) is 7.35. The molecule has 1 aromatic carbocycles. The van der Waals surface area contributed by atoms with Gasteiger partial charge in [-0.3, -0.25) is 19.8 Å². The van der Waals surface area contributed by atoms with E-state index in [1.807, 2.05) is 25.1 Å². The van der Waals surface area contributed by atoms with Crippen molar-refractivity contribution in [2.45, 2.75) is 26.2 Å². The Morgan fingerprint density at radius 3 is 2.70 bits per heavy atom. The topological polar surface area (TPSA) is 80.2 Å². The normalized spacial score (nSPS) is 16.4. The fourth-order valence-corrected chi connectivity index (χ4v) is 2.85. The van der Waals surface area contributed by atoms with Gasteiger partial charge in [0.05, 0.1) is 5.92 Å². The van der Waals surface area contributed by atoms with Crippen LogP contribution in [0, 0.1) is 13.8 Å². The van der Waals surface area contributed by atoms with Crippen molar-refractivity contribution in [3.63, 3.8) is 0 Å². The Balaban J connectivity index is 1.93. The molecule has 0 spiro atoms. The van der Waals surface area contributed by atoms with Crippen LogP contribution in [0.2, 0.25) is 0 Å². The van der Waals surface area contributed by atoms with Gasteiger partial charge in [-0.1, -0.05) is 18.2 Å². The molecule has 0 radical (unpaired) electrons. The number of aryl methyl sites for hydroxylation is 2. The van der Waals surface area contributed by atoms with Gasteiger partial charge in [-0.15, -0.1) is 0 Å². The molecule has 0 saturated carbocycles. The second-order valence-corrected chi connectivity index (χ2v) is 5.72. The molecule has 0 bridgehead atoms. The van der Waals surface area contributed by atoms with E-state index in [1.165, 1.54) is 10.7 Å². The van der Waals surface area contributed by atoms with Gasteiger partial charge in [-0.05, 0) is 37.1 Å². The zero-order valence-electron chi connectivity index (χ0n) is 12.9. The number of amides is 2. The zero-order valence-corrected chi connectivity index (χ0v) is 12.9. The Bertz CT molecular complexity index is 854. The molecular formula is C17H17N3O3. The average Bonchev–Trinajstić information content (AvgIpc) is 2.49. The van der Waals surface area contributed by atoms with Crippen molar-refractivity contribution >= 4 is 17.5 Å². The molecule has 2 N–H and O–H groups in total. The van der Waals surface area contributed by atoms with Gasteiger partial charge in [-0.2, -0.15) is 0 Å². The number of benzene rings is 1. The van der Waals surface area contributed by atoms with Gasteiger partial charge in [0.1, 0.15) is 0 Å². The Kier molecular flexibility index (Phi) is 3.73. The number of hydrogen-bond acceptors (Lipinski definition) is 3. The number of nitrogens with zero attached hydrogens (tertiary/aromatic N) is 1. The fraction of sp³-hybridized carbons (Fsp3) is 0.235. The summed E-state index contributed by atoms with van der Waals surface area (Å²) in [5, 5.41) is 2.75. The predicted octanol–water partition coefficient (Wildman–Crippen LogP) is 1.66. The number of carbonyl (C=O) groups is 2. The second-order valence-electron chi connectivity index (χ2n) is 5.72. The van der Waals surface area contributed by atoms with Crippen LogP contribution in [0.4, 0.5) is 5.69 Å². The molecule has 3 rings (SSSR count). The highest BCUT2D eigenvalue weighted by molar-refractivity contribution is 6.03. The molecule has 0 saturated heterocycles. The van der Waals surface area contributed by atoms with Crippen molar-refractivity contribution in [2.75, 3.05) is 10.7 Å². The van der Waals surface area contributed by atoms with E-state index in [-0.39, 0.29) is 23.8 Å². The van der Waals surface area contributed by atoms with Crippen molar-refractivity contribution in [1.29, 1.82) is 0 Å². The maximum atomic E-state index is 12.6. The zero-order chi connectivity index (χ0) is 16.6. The van der Waals surface area contributed by atoms with E-state index in [0.717, 1.165) is 11.1 Å². The van der Waals surface area contributed by atoms with E-state index in [4.69, 9.17) is 0 Å². The molecule has 23 heavy (non-hydrogen) atoms. The van der Waals surface area contributed by atoms with Crippen LogP contribution in [0.25, 0.3) is 0 Å². The lowest BCUT2D eigenvalue weighted by atomic mass is 9.90. The van der Waals surface area contributed by atoms with Crippen molar-refractivity contribution in [3.8, 4) is 0 Å². The van der Waals surface area contributed by atoms with Gasteiger partial charge in [0.15, 0.2) is 0 Å². The molecule has 118 valence electrons. The number of pyridine rings is 1. The highest BCUT2D eigenvalue weighted by Crippen LogP contribution is 2.32. The van der Waals surface area contributed by atoms with E-state index in [1.54, 1.807) is 19.1 Å². The minimum Gasteiger partial charge on any atom is -0.326 e. The molecule has 2 heterocycles. The molecule has 6 nitrogen and oxygen atoms in total. The van der Waals surface area contributed by atoms with Crippen molar-refractivity contribution in [3.05, 3.63) is 63.6 Å². The van der Waals surface area contributed by atoms with Crippen LogP contribution in [0.3, 0.4) is 0 Å². The molecule has 0 aliphatic carbocycles. The third-order valence-electron chi connectivity index (χ3n) is 3.90. The van der Waals surface area contributed by atoms with E-state index in [2.05, 4.69) is 10.7 Å². The summed E-state index contributed by atoms with van der Waals surface area (Å²) in [5.41, 5.74) is 5.18. The highest BCUT2D eigenvalue weighted by Gasteiger charge is 2.30. The number of fused-ring (bicyclic) bond motifs is 1. The first kappa shape index (κ1) is 15.0. The number of para-hydroxylation sites is 1. The van der Waals surface area contributed by atoms with Crippen molar-refractivity contribution < 1.29 is 9.59 Å². The first-order valence-electron chi connectivity index (χ1n) is 7.35. The van der Waals surface area contributed by atoms with Crippen LogP contribution in [-0.4, -0.2) is 16.5 Å². The first-order chi connectivity index (χ1) is 11.0. The maximum absolute atomic E-state index is 12.6. The molecule has 0 fully saturated rings. The molecule has 1 unspecified atom stereocenters. The lowest BCUT2D eigenvalue weighted by molar-refractivity contribution is -0.123. The highest BCUT2D eigenvalue weighted by atomic mass is 16.2. The Hall–Kier alpha value is -2.89. The molecule has 1 aliphatic rings. The predicted molar refractivity (Wildman–Crippen MR) is 87.0 cm³/mol. The number of rotatable bonds is 2. The number of aromatic nitrogens is 1. The summed E-state index contributed by atoms with van der Waals surface area (Å²) in [5.74, 6) is -1.20. The summed E-state index contributed by atoms with van der Waals surface area (Å²) in [7, 11) is 0. The Labute approximate surface area is 133 Å². The van der Waals surface area contributed by atoms with Crippen LogP contribution in [0.1, 0.15) is 29.2 Å². The minimum atomic E-state index is -0.618. The third-order valence-corrected chi connectivity index (χ3v) is 3.90. The van der Waals surface area contributed by atoms with Crippen LogP contribution in [0.15, 0.2) is 41.2 Å². The Morgan fingerprint density at radius 2 is 1.96 bits per heavy atom. The summed E-state index contributed by atoms with van der Waals surface area (Å²) < 4.78 is 1.21. The Morgan fingerprint density at radius 1 is 1.22 bits per heavy atom. The lowest BCUT2D eigenvalue weighted by Gasteiger charge is -2.25. The van der Waals surface area contributed by atoms with E-state index in [0.29, 0.717) is 11.4 Å². The summed E-state index contributed by atoms with van der Waals surface area (Å²) >= 11 is 0. The molecule has 1 aromatic heterocycles. The third kappa shape index (κ3) is 2.88. The van der Waals surface area contributed by atoms with Gasteiger partial charge in [-0.25, -0.2) is 4.68 Å². The fourth-order valence-electron chi connectivity index (χ4n) is 2.85. The van der Waals surface area contributed by atoms with Crippen LogP contribution in [-0.2, 0) is 9.59 Å². The van der Waals surface area contributed by atoms with Crippen molar-refractivity contribution in [1.82, 2.24) is 4.68 Å². The number of carbonyl (C=O) groups excluding carboxylic acids is 2. The molecule has 1 atom stereocenters. The number of hydrogen-bond donors (Lipinski definition) is 2. The largest absolute Gasteiger partial charge is 0.326 e. The minimum absolute atomic E-state index is 0.0580. The lowest BCUT2D eigenvalue weighted by Crippen LogP contribution is -2.39. The van der Waals surface area contributed by atoms with Gasteiger partial charge < -0.3 is 5.32 Å². The summed E-state index contributed by atoms with van der Waals surface area (Å²) in [6, 6.07) is 10.5. The quantitative estimate of drug-likeness (QED) is 0.885. The average molecular weight is 311 g/mol. The summed E-state index contributed by atoms with van der Waals surface area (Å²) in [6.07, 6.45) is 0.0580. The van der Waals surface area contributed by atoms with Crippen molar-refractivity contribution in [2.24, 2.45) is 0 Å². The summed E-state index contributed by atoms with van der Waals surface area (Å²) in [6.45, 7) is 3.57. The standard InChI is InChI=1S/C17H17N3O3/c1-10-7-11(2)20(16(22)8-10)19-17(23)13-9-15(21)18-14-6-4-3-5-12(13)14/h3-8,13H,9H2,1-2H3,(H,18,21)(H,19,23). The van der Waals surface area contributed by atoms with Gasteiger partial charge in [0.25, 0.3) is 5.56 Å². The van der Waals surface area contributed by atoms with Gasteiger partial charge in [0.2, 0.25) is 11.8 Å². The van der Waals surface area contributed by atoms with E-state index in [9.17, 15) is 14.4 Å². The maximum Gasteiger partial charge on any atom is 0.269 e. The molecule has 1 aliphatic heterocycles. The monoisotopic (exact) mass is 311 g/mol. The molecular weight excluding hydrogens is 294 g/mol. The van der Waals surface area contributed by atoms with E-state index >= 15 is 0 Å². The van der Waals surface area contributed by atoms with Crippen LogP contribution >= 0.6 is 0 Å². The SMILES string of the molecule is Cc1cc(C)n(NC(=O)C2CC(=O)Nc3ccccc32)c(=O)c1. The van der Waals surface area contributed by atoms with E-state index < -0.39 is 5.92 Å². The molecule has 6 heteroatoms.